The number of H-pyrrole nitrogens is 1. The number of ether oxygens (including phenoxy) is 2. The van der Waals surface area contributed by atoms with Crippen LogP contribution in [0.25, 0.3) is 10.9 Å². The number of anilines is 1. The molecule has 2 aliphatic rings. The van der Waals surface area contributed by atoms with Crippen molar-refractivity contribution in [1.82, 2.24) is 14.9 Å². The normalized spacial score (nSPS) is 18.2. The molecule has 1 unspecified atom stereocenters. The van der Waals surface area contributed by atoms with Crippen LogP contribution in [0.4, 0.5) is 5.69 Å². The third-order valence-corrected chi connectivity index (χ3v) is 10.1. The molecule has 1 fully saturated rings. The number of thioether (sulfide) groups is 1. The lowest BCUT2D eigenvalue weighted by Gasteiger charge is -2.28. The molecular formula is C26H33N5O6S3. The zero-order valence-corrected chi connectivity index (χ0v) is 24.9. The van der Waals surface area contributed by atoms with Gasteiger partial charge in [0.1, 0.15) is 10.8 Å². The summed E-state index contributed by atoms with van der Waals surface area (Å²) in [4.78, 5) is 19.4. The molecule has 1 atom stereocenters. The van der Waals surface area contributed by atoms with Crippen molar-refractivity contribution >= 4 is 55.5 Å². The monoisotopic (exact) mass is 607 g/mol. The predicted octanol–water partition coefficient (Wildman–Crippen LogP) is 3.58. The number of pyridine rings is 1. The van der Waals surface area contributed by atoms with Crippen LogP contribution in [0.2, 0.25) is 0 Å². The van der Waals surface area contributed by atoms with Gasteiger partial charge in [-0.1, -0.05) is 17.8 Å². The van der Waals surface area contributed by atoms with E-state index in [1.807, 2.05) is 12.1 Å². The van der Waals surface area contributed by atoms with Gasteiger partial charge in [-0.3, -0.25) is 14.2 Å². The van der Waals surface area contributed by atoms with Crippen LogP contribution in [0.5, 0.6) is 5.75 Å². The highest BCUT2D eigenvalue weighted by molar-refractivity contribution is 8.15. The van der Waals surface area contributed by atoms with Crippen LogP contribution in [0.1, 0.15) is 12.1 Å². The Morgan fingerprint density at radius 1 is 1.25 bits per heavy atom. The molecule has 0 aliphatic carbocycles. The topological polar surface area (TPSA) is 119 Å². The number of nitrogens with one attached hydrogen (secondary N) is 1. The molecule has 2 aromatic heterocycles. The Hall–Kier alpha value is -2.33. The van der Waals surface area contributed by atoms with E-state index in [1.54, 1.807) is 30.0 Å². The first-order valence-corrected chi connectivity index (χ1v) is 16.2. The molecule has 11 nitrogen and oxygen atoms in total. The summed E-state index contributed by atoms with van der Waals surface area (Å²) >= 11 is 2.96. The number of hydrogen-bond donors (Lipinski definition) is 1. The van der Waals surface area contributed by atoms with Gasteiger partial charge in [-0.05, 0) is 30.7 Å². The number of rotatable bonds is 13. The van der Waals surface area contributed by atoms with Crippen LogP contribution in [0.15, 0.2) is 52.6 Å². The van der Waals surface area contributed by atoms with E-state index in [4.69, 9.17) is 18.8 Å². The van der Waals surface area contributed by atoms with Crippen LogP contribution in [0.3, 0.4) is 0 Å². The SMILES string of the molecule is COOSCCCOc1cc(N(C)S(=O)(=O)c2ccccn2)c2[nH]c(C3=NCC(CN4CCOCC4)S3)cc2c1. The molecule has 5 rings (SSSR count). The molecule has 0 radical (unpaired) electrons. The summed E-state index contributed by atoms with van der Waals surface area (Å²) in [6.07, 6.45) is 2.19. The second kappa shape index (κ2) is 13.6. The highest BCUT2D eigenvalue weighted by atomic mass is 32.2. The molecule has 1 aromatic carbocycles. The van der Waals surface area contributed by atoms with E-state index < -0.39 is 10.0 Å². The first-order chi connectivity index (χ1) is 19.5. The van der Waals surface area contributed by atoms with Gasteiger partial charge in [0, 0.05) is 67.4 Å². The molecule has 1 N–H and O–H groups in total. The lowest BCUT2D eigenvalue weighted by Crippen LogP contribution is -2.40. The second-order valence-corrected chi connectivity index (χ2v) is 13.3. The van der Waals surface area contributed by atoms with Crippen molar-refractivity contribution in [1.29, 1.82) is 0 Å². The van der Waals surface area contributed by atoms with Crippen LogP contribution in [-0.4, -0.2) is 99.5 Å². The summed E-state index contributed by atoms with van der Waals surface area (Å²) in [6, 6.07) is 10.5. The Bertz CT molecular complexity index is 1410. The minimum atomic E-state index is -3.91. The summed E-state index contributed by atoms with van der Waals surface area (Å²) in [5, 5.41) is 2.10. The number of hydrogen-bond acceptors (Lipinski definition) is 11. The quantitative estimate of drug-likeness (QED) is 0.134. The third kappa shape index (κ3) is 6.93. The second-order valence-electron chi connectivity index (χ2n) is 9.29. The molecule has 4 heterocycles. The van der Waals surface area contributed by atoms with Gasteiger partial charge in [-0.15, -0.1) is 0 Å². The Labute approximate surface area is 242 Å². The van der Waals surface area contributed by atoms with E-state index in [-0.39, 0.29) is 5.03 Å². The molecule has 0 spiro atoms. The van der Waals surface area contributed by atoms with Gasteiger partial charge in [0.2, 0.25) is 0 Å². The highest BCUT2D eigenvalue weighted by Gasteiger charge is 2.28. The number of benzene rings is 1. The van der Waals surface area contributed by atoms with Gasteiger partial charge < -0.3 is 14.5 Å². The molecule has 40 heavy (non-hydrogen) atoms. The molecule has 216 valence electrons. The van der Waals surface area contributed by atoms with Gasteiger partial charge in [-0.2, -0.15) is 12.8 Å². The Morgan fingerprint density at radius 3 is 2.88 bits per heavy atom. The van der Waals surface area contributed by atoms with Crippen molar-refractivity contribution in [3.8, 4) is 5.75 Å². The molecular weight excluding hydrogens is 575 g/mol. The standard InChI is InChI=1S/C26H33N5O6S3/c1-30(40(32,33)24-6-3-4-7-27-24)23-16-20(36-10-5-13-38-37-34-2)14-19-15-22(29-25(19)23)26-28-17-21(39-26)18-31-8-11-35-12-9-31/h3-4,6-7,14-16,21,29H,5,8-13,17-18H2,1-2H3. The van der Waals surface area contributed by atoms with Crippen molar-refractivity contribution in [3.63, 3.8) is 0 Å². The molecule has 0 bridgehead atoms. The Morgan fingerprint density at radius 2 is 2.10 bits per heavy atom. The maximum Gasteiger partial charge on any atom is 0.281 e. The first-order valence-electron chi connectivity index (χ1n) is 13.0. The van der Waals surface area contributed by atoms with E-state index >= 15 is 0 Å². The van der Waals surface area contributed by atoms with E-state index in [0.717, 1.165) is 61.9 Å². The summed E-state index contributed by atoms with van der Waals surface area (Å²) in [6.45, 7) is 5.57. The number of sulfonamides is 1. The van der Waals surface area contributed by atoms with Crippen molar-refractivity contribution in [2.45, 2.75) is 16.7 Å². The van der Waals surface area contributed by atoms with Crippen LogP contribution in [0, 0.1) is 0 Å². The van der Waals surface area contributed by atoms with Crippen molar-refractivity contribution in [3.05, 3.63) is 48.3 Å². The predicted molar refractivity (Wildman–Crippen MR) is 159 cm³/mol. The van der Waals surface area contributed by atoms with Crippen LogP contribution >= 0.6 is 23.8 Å². The fraction of sp³-hybridized carbons (Fsp3) is 0.462. The van der Waals surface area contributed by atoms with E-state index in [1.165, 1.54) is 42.8 Å². The van der Waals surface area contributed by atoms with Crippen LogP contribution in [-0.2, 0) is 24.0 Å². The van der Waals surface area contributed by atoms with E-state index in [2.05, 4.69) is 19.8 Å². The largest absolute Gasteiger partial charge is 0.493 e. The van der Waals surface area contributed by atoms with Gasteiger partial charge in [-0.25, -0.2) is 9.87 Å². The first kappa shape index (κ1) is 29.2. The fourth-order valence-electron chi connectivity index (χ4n) is 4.54. The number of fused-ring (bicyclic) bond motifs is 1. The van der Waals surface area contributed by atoms with Gasteiger partial charge in [0.25, 0.3) is 10.0 Å². The molecule has 1 saturated heterocycles. The maximum absolute atomic E-state index is 13.5. The molecule has 14 heteroatoms. The number of aromatic amines is 1. The average Bonchev–Trinajstić information content (AvgIpc) is 3.62. The summed E-state index contributed by atoms with van der Waals surface area (Å²) in [5.74, 6) is 1.26. The Balaban J connectivity index is 1.39. The lowest BCUT2D eigenvalue weighted by atomic mass is 10.2. The fourth-order valence-corrected chi connectivity index (χ4v) is 7.20. The highest BCUT2D eigenvalue weighted by Crippen LogP contribution is 2.36. The zero-order chi connectivity index (χ0) is 28.0. The molecule has 3 aromatic rings. The maximum atomic E-state index is 13.5. The summed E-state index contributed by atoms with van der Waals surface area (Å²) in [5.41, 5.74) is 2.02. The lowest BCUT2D eigenvalue weighted by molar-refractivity contribution is -0.160. The summed E-state index contributed by atoms with van der Waals surface area (Å²) < 4.78 is 44.5. The number of aromatic nitrogens is 2. The van der Waals surface area contributed by atoms with E-state index in [9.17, 15) is 8.42 Å². The van der Waals surface area contributed by atoms with E-state index in [0.29, 0.717) is 34.6 Å². The van der Waals surface area contributed by atoms with Crippen molar-refractivity contribution < 1.29 is 27.1 Å². The zero-order valence-electron chi connectivity index (χ0n) is 22.4. The van der Waals surface area contributed by atoms with Gasteiger partial charge in [0.05, 0.1) is 50.4 Å². The van der Waals surface area contributed by atoms with Gasteiger partial charge in [0.15, 0.2) is 5.03 Å². The minimum absolute atomic E-state index is 0.0272. The van der Waals surface area contributed by atoms with Crippen molar-refractivity contribution in [2.24, 2.45) is 4.99 Å². The van der Waals surface area contributed by atoms with Crippen molar-refractivity contribution in [2.75, 3.05) is 70.2 Å². The average molecular weight is 608 g/mol. The molecule has 0 amide bonds. The number of nitrogens with zero attached hydrogens (tertiary/aromatic N) is 4. The minimum Gasteiger partial charge on any atom is -0.493 e. The number of aliphatic imine (C=N–C) groups is 1. The third-order valence-electron chi connectivity index (χ3n) is 6.55. The summed E-state index contributed by atoms with van der Waals surface area (Å²) in [7, 11) is -0.920. The smallest absolute Gasteiger partial charge is 0.281 e. The van der Waals surface area contributed by atoms with Gasteiger partial charge >= 0.3 is 0 Å². The van der Waals surface area contributed by atoms with Crippen LogP contribution < -0.4 is 9.04 Å². The Kier molecular flexibility index (Phi) is 9.89. The molecule has 0 saturated carbocycles. The number of morpholine rings is 1. The molecule has 2 aliphatic heterocycles.